The Morgan fingerprint density at radius 1 is 1.30 bits per heavy atom. The fourth-order valence-corrected chi connectivity index (χ4v) is 3.72. The molecule has 3 rings (SSSR count). The molecule has 2 amide bonds. The van der Waals surface area contributed by atoms with Crippen LogP contribution in [0.4, 0.5) is 11.4 Å². The van der Waals surface area contributed by atoms with E-state index in [4.69, 9.17) is 4.74 Å². The number of ether oxygens (including phenoxy) is 1. The smallest absolute Gasteiger partial charge is 0.296 e. The highest BCUT2D eigenvalue weighted by molar-refractivity contribution is 7.12. The lowest BCUT2D eigenvalue weighted by molar-refractivity contribution is -0.384. The molecule has 142 valence electrons. The summed E-state index contributed by atoms with van der Waals surface area (Å²) in [5, 5.41) is 15.7. The van der Waals surface area contributed by atoms with Gasteiger partial charge in [0.2, 0.25) is 5.91 Å². The van der Waals surface area contributed by atoms with E-state index >= 15 is 0 Å². The van der Waals surface area contributed by atoms with Crippen LogP contribution < -0.4 is 10.1 Å². The maximum absolute atomic E-state index is 12.5. The fraction of sp³-hybridized carbons (Fsp3) is 0.333. The Kier molecular flexibility index (Phi) is 5.70. The van der Waals surface area contributed by atoms with Crippen molar-refractivity contribution >= 4 is 34.5 Å². The maximum Gasteiger partial charge on any atom is 0.296 e. The summed E-state index contributed by atoms with van der Waals surface area (Å²) in [5.41, 5.74) is -0.0732. The minimum Gasteiger partial charge on any atom is -0.496 e. The van der Waals surface area contributed by atoms with E-state index in [1.165, 1.54) is 30.6 Å². The van der Waals surface area contributed by atoms with E-state index in [1.807, 2.05) is 11.4 Å². The number of hydrogen-bond donors (Lipinski definition) is 1. The second kappa shape index (κ2) is 8.17. The van der Waals surface area contributed by atoms with Crippen molar-refractivity contribution in [2.75, 3.05) is 25.5 Å². The van der Waals surface area contributed by atoms with Gasteiger partial charge in [-0.15, -0.1) is 11.3 Å². The van der Waals surface area contributed by atoms with Gasteiger partial charge in [-0.1, -0.05) is 6.07 Å². The number of nitrogens with one attached hydrogen (secondary N) is 1. The van der Waals surface area contributed by atoms with Crippen molar-refractivity contribution < 1.29 is 19.2 Å². The molecular formula is C18H19N3O5S. The number of carbonyl (C=O) groups is 2. The molecule has 2 aromatic rings. The monoisotopic (exact) mass is 389 g/mol. The zero-order chi connectivity index (χ0) is 19.4. The molecule has 1 N–H and O–H groups in total. The first-order chi connectivity index (χ1) is 13.0. The van der Waals surface area contributed by atoms with Crippen molar-refractivity contribution in [3.8, 4) is 5.75 Å². The van der Waals surface area contributed by atoms with Crippen molar-refractivity contribution in [3.05, 3.63) is 50.7 Å². The first kappa shape index (κ1) is 18.8. The molecule has 0 saturated carbocycles. The van der Waals surface area contributed by atoms with Crippen LogP contribution in [0.25, 0.3) is 0 Å². The van der Waals surface area contributed by atoms with E-state index in [9.17, 15) is 19.7 Å². The number of rotatable bonds is 5. The summed E-state index contributed by atoms with van der Waals surface area (Å²) in [6.07, 6.45) is 1.04. The van der Waals surface area contributed by atoms with Gasteiger partial charge in [-0.2, -0.15) is 0 Å². The van der Waals surface area contributed by atoms with E-state index in [2.05, 4.69) is 5.32 Å². The van der Waals surface area contributed by atoms with Gasteiger partial charge >= 0.3 is 0 Å². The lowest BCUT2D eigenvalue weighted by Crippen LogP contribution is -2.41. The summed E-state index contributed by atoms with van der Waals surface area (Å²) in [4.78, 5) is 38.0. The Bertz CT molecular complexity index is 845. The van der Waals surface area contributed by atoms with Gasteiger partial charge < -0.3 is 15.0 Å². The summed E-state index contributed by atoms with van der Waals surface area (Å²) in [6.45, 7) is 0.971. The summed E-state index contributed by atoms with van der Waals surface area (Å²) in [5.74, 6) is -0.236. The van der Waals surface area contributed by atoms with E-state index < -0.39 is 4.92 Å². The van der Waals surface area contributed by atoms with E-state index in [0.717, 1.165) is 0 Å². The van der Waals surface area contributed by atoms with Crippen LogP contribution in [-0.4, -0.2) is 41.8 Å². The average molecular weight is 389 g/mol. The van der Waals surface area contributed by atoms with Gasteiger partial charge in [0.05, 0.1) is 23.0 Å². The topological polar surface area (TPSA) is 102 Å². The van der Waals surface area contributed by atoms with Gasteiger partial charge in [-0.05, 0) is 36.4 Å². The van der Waals surface area contributed by atoms with Crippen molar-refractivity contribution in [1.82, 2.24) is 4.90 Å². The Balaban J connectivity index is 1.62. The number of nitro benzene ring substituents is 1. The summed E-state index contributed by atoms with van der Waals surface area (Å²) < 4.78 is 4.99. The molecule has 0 atom stereocenters. The third-order valence-corrected chi connectivity index (χ3v) is 5.40. The largest absolute Gasteiger partial charge is 0.496 e. The number of benzene rings is 1. The second-order valence-electron chi connectivity index (χ2n) is 6.17. The summed E-state index contributed by atoms with van der Waals surface area (Å²) >= 11 is 1.40. The molecule has 1 aliphatic rings. The SMILES string of the molecule is COc1ccc(NC(=O)C2CCN(C(=O)c3cccs3)CC2)c([N+](=O)[O-])c1. The first-order valence-electron chi connectivity index (χ1n) is 8.45. The standard InChI is InChI=1S/C18H19N3O5S/c1-26-13-4-5-14(15(11-13)21(24)25)19-17(22)12-6-8-20(9-7-12)18(23)16-3-2-10-27-16/h2-5,10-12H,6-9H2,1H3,(H,19,22). The minimum absolute atomic E-state index is 0.0188. The van der Waals surface area contributed by atoms with E-state index in [0.29, 0.717) is 36.6 Å². The predicted molar refractivity (Wildman–Crippen MR) is 101 cm³/mol. The Hall–Kier alpha value is -2.94. The normalized spacial score (nSPS) is 14.6. The average Bonchev–Trinajstić information content (AvgIpc) is 3.22. The Labute approximate surface area is 159 Å². The highest BCUT2D eigenvalue weighted by Gasteiger charge is 2.29. The quantitative estimate of drug-likeness (QED) is 0.625. The van der Waals surface area contributed by atoms with Crippen LogP contribution in [0, 0.1) is 16.0 Å². The molecular weight excluding hydrogens is 370 g/mol. The maximum atomic E-state index is 12.5. The molecule has 1 aromatic heterocycles. The molecule has 8 nitrogen and oxygen atoms in total. The Morgan fingerprint density at radius 3 is 2.63 bits per heavy atom. The molecule has 2 heterocycles. The van der Waals surface area contributed by atoms with Crippen molar-refractivity contribution in [1.29, 1.82) is 0 Å². The number of likely N-dealkylation sites (tertiary alicyclic amines) is 1. The van der Waals surface area contributed by atoms with Gasteiger partial charge in [-0.25, -0.2) is 0 Å². The van der Waals surface area contributed by atoms with Crippen LogP contribution in [0.2, 0.25) is 0 Å². The van der Waals surface area contributed by atoms with Crippen molar-refractivity contribution in [3.63, 3.8) is 0 Å². The second-order valence-corrected chi connectivity index (χ2v) is 7.12. The molecule has 9 heteroatoms. The zero-order valence-corrected chi connectivity index (χ0v) is 15.5. The van der Waals surface area contributed by atoms with Gasteiger partial charge in [0, 0.05) is 19.0 Å². The molecule has 27 heavy (non-hydrogen) atoms. The van der Waals surface area contributed by atoms with Crippen LogP contribution in [0.5, 0.6) is 5.75 Å². The van der Waals surface area contributed by atoms with Crippen LogP contribution in [0.1, 0.15) is 22.5 Å². The number of anilines is 1. The molecule has 0 radical (unpaired) electrons. The lowest BCUT2D eigenvalue weighted by Gasteiger charge is -2.31. The number of nitrogens with zero attached hydrogens (tertiary/aromatic N) is 2. The molecule has 1 saturated heterocycles. The fourth-order valence-electron chi connectivity index (χ4n) is 3.03. The zero-order valence-electron chi connectivity index (χ0n) is 14.7. The van der Waals surface area contributed by atoms with Crippen molar-refractivity contribution in [2.24, 2.45) is 5.92 Å². The molecule has 1 aliphatic heterocycles. The third-order valence-electron chi connectivity index (χ3n) is 4.54. The van der Waals surface area contributed by atoms with Gasteiger partial charge in [-0.3, -0.25) is 19.7 Å². The molecule has 1 fully saturated rings. The molecule has 1 aromatic carbocycles. The van der Waals surface area contributed by atoms with Crippen LogP contribution in [0.15, 0.2) is 35.7 Å². The number of thiophene rings is 1. The number of amides is 2. The number of carbonyl (C=O) groups excluding carboxylic acids is 2. The minimum atomic E-state index is -0.555. The number of hydrogen-bond acceptors (Lipinski definition) is 6. The number of piperidine rings is 1. The third kappa shape index (κ3) is 4.25. The highest BCUT2D eigenvalue weighted by atomic mass is 32.1. The van der Waals surface area contributed by atoms with Gasteiger partial charge in [0.15, 0.2) is 0 Å². The summed E-state index contributed by atoms with van der Waals surface area (Å²) in [6, 6.07) is 7.92. The van der Waals surface area contributed by atoms with Gasteiger partial charge in [0.1, 0.15) is 11.4 Å². The lowest BCUT2D eigenvalue weighted by atomic mass is 9.95. The van der Waals surface area contributed by atoms with E-state index in [1.54, 1.807) is 17.0 Å². The van der Waals surface area contributed by atoms with Crippen LogP contribution in [-0.2, 0) is 4.79 Å². The molecule has 0 aliphatic carbocycles. The van der Waals surface area contributed by atoms with Gasteiger partial charge in [0.25, 0.3) is 11.6 Å². The van der Waals surface area contributed by atoms with E-state index in [-0.39, 0.29) is 29.1 Å². The van der Waals surface area contributed by atoms with Crippen LogP contribution in [0.3, 0.4) is 0 Å². The van der Waals surface area contributed by atoms with Crippen molar-refractivity contribution in [2.45, 2.75) is 12.8 Å². The molecule has 0 bridgehead atoms. The summed E-state index contributed by atoms with van der Waals surface area (Å²) in [7, 11) is 1.42. The number of nitro groups is 1. The first-order valence-corrected chi connectivity index (χ1v) is 9.33. The number of methoxy groups -OCH3 is 1. The van der Waals surface area contributed by atoms with Crippen LogP contribution >= 0.6 is 11.3 Å². The molecule has 0 spiro atoms. The highest BCUT2D eigenvalue weighted by Crippen LogP contribution is 2.30. The molecule has 0 unspecified atom stereocenters. The Morgan fingerprint density at radius 2 is 2.04 bits per heavy atom. The predicted octanol–water partition coefficient (Wildman–Crippen LogP) is 3.16.